The van der Waals surface area contributed by atoms with Crippen LogP contribution in [0, 0.1) is 0 Å². The Morgan fingerprint density at radius 2 is 1.00 bits per heavy atom. The van der Waals surface area contributed by atoms with Crippen LogP contribution in [0.4, 0.5) is 17.1 Å². The first-order valence-corrected chi connectivity index (χ1v) is 9.66. The summed E-state index contributed by atoms with van der Waals surface area (Å²) in [5, 5.41) is 6.94. The van der Waals surface area contributed by atoms with E-state index in [9.17, 15) is 0 Å². The van der Waals surface area contributed by atoms with Crippen molar-refractivity contribution in [2.75, 3.05) is 5.12 Å². The van der Waals surface area contributed by atoms with E-state index >= 15 is 0 Å². The van der Waals surface area contributed by atoms with Crippen LogP contribution in [0.5, 0.6) is 0 Å². The fraction of sp³-hybridized carbons (Fsp3) is 0. The van der Waals surface area contributed by atoms with Gasteiger partial charge in [0, 0.05) is 24.3 Å². The van der Waals surface area contributed by atoms with Crippen molar-refractivity contribution in [3.63, 3.8) is 0 Å². The molecule has 1 N–H and O–H groups in total. The van der Waals surface area contributed by atoms with Gasteiger partial charge < -0.3 is 12.4 Å². The van der Waals surface area contributed by atoms with Crippen molar-refractivity contribution in [2.45, 2.75) is 0 Å². The number of nitrogens with one attached hydrogen (secondary N) is 1. The van der Waals surface area contributed by atoms with Crippen molar-refractivity contribution in [3.8, 4) is 0 Å². The highest BCUT2D eigenvalue weighted by atomic mass is 35.5. The lowest BCUT2D eigenvalue weighted by Gasteiger charge is -2.39. The largest absolute Gasteiger partial charge is 1.00 e. The molecular formula is C25H21ClN4. The number of anilines is 1. The van der Waals surface area contributed by atoms with E-state index in [4.69, 9.17) is 5.10 Å². The Balaban J connectivity index is 0.00000218. The molecule has 5 heteroatoms. The molecule has 4 nitrogen and oxygen atoms in total. The molecule has 1 aliphatic heterocycles. The number of hydrogen-bond donors (Lipinski definition) is 1. The lowest BCUT2D eigenvalue weighted by Crippen LogP contribution is -3.00. The molecule has 0 amide bonds. The number of benzene rings is 4. The lowest BCUT2D eigenvalue weighted by molar-refractivity contribution is -0.00000563. The fourth-order valence-corrected chi connectivity index (χ4v) is 3.88. The van der Waals surface area contributed by atoms with Crippen LogP contribution in [0.1, 0.15) is 5.56 Å². The third kappa shape index (κ3) is 3.12. The summed E-state index contributed by atoms with van der Waals surface area (Å²) in [5.41, 5.74) is 7.57. The van der Waals surface area contributed by atoms with Crippen molar-refractivity contribution < 1.29 is 12.4 Å². The topological polar surface area (TPSA) is 27.6 Å². The molecule has 0 aromatic heterocycles. The summed E-state index contributed by atoms with van der Waals surface area (Å²) in [6.07, 6.45) is 0. The van der Waals surface area contributed by atoms with Gasteiger partial charge in [-0.2, -0.15) is 5.53 Å². The monoisotopic (exact) mass is 412 g/mol. The first kappa shape index (κ1) is 19.7. The third-order valence-electron chi connectivity index (χ3n) is 5.15. The molecule has 0 saturated carbocycles. The van der Waals surface area contributed by atoms with Crippen LogP contribution in [0.15, 0.2) is 126 Å². The highest BCUT2D eigenvalue weighted by Gasteiger charge is 2.52. The van der Waals surface area contributed by atoms with E-state index in [0.29, 0.717) is 4.59 Å². The van der Waals surface area contributed by atoms with E-state index in [1.807, 2.05) is 48.5 Å². The van der Waals surface area contributed by atoms with Gasteiger partial charge in [0.1, 0.15) is 5.69 Å². The zero-order valence-electron chi connectivity index (χ0n) is 16.3. The molecule has 0 atom stereocenters. The van der Waals surface area contributed by atoms with Crippen LogP contribution in [-0.2, 0) is 0 Å². The maximum absolute atomic E-state index is 4.83. The number of amidine groups is 1. The van der Waals surface area contributed by atoms with E-state index in [-0.39, 0.29) is 12.4 Å². The van der Waals surface area contributed by atoms with Crippen molar-refractivity contribution in [1.29, 1.82) is 0 Å². The molecule has 5 rings (SSSR count). The molecule has 0 fully saturated rings. The summed E-state index contributed by atoms with van der Waals surface area (Å²) in [5.74, 6) is 0.909. The second-order valence-corrected chi connectivity index (χ2v) is 6.86. The zero-order chi connectivity index (χ0) is 19.5. The average Bonchev–Trinajstić information content (AvgIpc) is 3.23. The fourth-order valence-electron chi connectivity index (χ4n) is 3.88. The summed E-state index contributed by atoms with van der Waals surface area (Å²) in [6, 6.07) is 41.6. The predicted octanol–water partition coefficient (Wildman–Crippen LogP) is 2.63. The highest BCUT2D eigenvalue weighted by Crippen LogP contribution is 2.42. The minimum absolute atomic E-state index is 0. The van der Waals surface area contributed by atoms with Gasteiger partial charge in [0.25, 0.3) is 5.84 Å². The maximum Gasteiger partial charge on any atom is 0.290 e. The van der Waals surface area contributed by atoms with Gasteiger partial charge in [-0.3, -0.25) is 0 Å². The summed E-state index contributed by atoms with van der Waals surface area (Å²) in [6.45, 7) is 0. The molecule has 0 bridgehead atoms. The Morgan fingerprint density at radius 1 is 0.567 bits per heavy atom. The van der Waals surface area contributed by atoms with Crippen LogP contribution in [-0.4, -0.2) is 5.84 Å². The van der Waals surface area contributed by atoms with Gasteiger partial charge in [0.2, 0.25) is 0 Å². The minimum atomic E-state index is 0. The average molecular weight is 413 g/mol. The predicted molar refractivity (Wildman–Crippen MR) is 119 cm³/mol. The Morgan fingerprint density at radius 3 is 1.50 bits per heavy atom. The first-order valence-electron chi connectivity index (χ1n) is 9.66. The number of nitrogens with zero attached hydrogens (tertiary/aromatic N) is 3. The number of para-hydroxylation sites is 3. The second-order valence-electron chi connectivity index (χ2n) is 6.86. The van der Waals surface area contributed by atoms with Gasteiger partial charge in [-0.1, -0.05) is 87.6 Å². The summed E-state index contributed by atoms with van der Waals surface area (Å²) >= 11 is 0. The van der Waals surface area contributed by atoms with Crippen molar-refractivity contribution in [1.82, 2.24) is 10.1 Å². The summed E-state index contributed by atoms with van der Waals surface area (Å²) in [7, 11) is 0. The number of hydrazone groups is 1. The molecule has 1 aliphatic rings. The van der Waals surface area contributed by atoms with Crippen LogP contribution >= 0.6 is 0 Å². The quantitative estimate of drug-likeness (QED) is 0.522. The molecule has 30 heavy (non-hydrogen) atoms. The molecule has 1 heterocycles. The Kier molecular flexibility index (Phi) is 5.53. The van der Waals surface area contributed by atoms with Gasteiger partial charge in [-0.05, 0) is 24.3 Å². The normalized spacial score (nSPS) is 14.4. The van der Waals surface area contributed by atoms with Gasteiger partial charge in [0.05, 0.1) is 5.56 Å². The van der Waals surface area contributed by atoms with E-state index in [0.717, 1.165) is 28.5 Å². The number of quaternary nitrogens is 1. The first-order chi connectivity index (χ1) is 14.4. The Hall–Kier alpha value is -3.60. The summed E-state index contributed by atoms with van der Waals surface area (Å²) < 4.78 is 0.315. The van der Waals surface area contributed by atoms with Crippen LogP contribution in [0.3, 0.4) is 0 Å². The second kappa shape index (κ2) is 8.41. The summed E-state index contributed by atoms with van der Waals surface area (Å²) in [4.78, 5) is 0. The molecule has 0 saturated heterocycles. The Labute approximate surface area is 182 Å². The molecule has 4 aromatic carbocycles. The number of rotatable bonds is 4. The smallest absolute Gasteiger partial charge is 0.290 e. The van der Waals surface area contributed by atoms with Crippen molar-refractivity contribution in [3.05, 3.63) is 127 Å². The van der Waals surface area contributed by atoms with Crippen LogP contribution < -0.4 is 27.7 Å². The van der Waals surface area contributed by atoms with Gasteiger partial charge in [-0.15, -0.1) is 0 Å². The van der Waals surface area contributed by atoms with Crippen molar-refractivity contribution in [2.24, 2.45) is 5.10 Å². The molecule has 0 spiro atoms. The maximum atomic E-state index is 4.83. The van der Waals surface area contributed by atoms with Crippen molar-refractivity contribution >= 4 is 22.9 Å². The van der Waals surface area contributed by atoms with Gasteiger partial charge in [0.15, 0.2) is 11.4 Å². The van der Waals surface area contributed by atoms with Gasteiger partial charge in [-0.25, -0.2) is 0 Å². The molecule has 148 valence electrons. The third-order valence-corrected chi connectivity index (χ3v) is 5.15. The van der Waals surface area contributed by atoms with E-state index < -0.39 is 0 Å². The standard InChI is InChI=1S/C25H21N4.ClH/c1-5-13-21(14-6-1)25-26-27-28(22-15-7-2-8-16-22)29(25,23-17-9-3-10-18-23)24-19-11-4-12-20-24;/h1-20,27H;1H/q+1;/p-1. The minimum Gasteiger partial charge on any atom is -1.00 e. The van der Waals surface area contributed by atoms with Crippen LogP contribution in [0.25, 0.3) is 0 Å². The number of hydrazine groups is 1. The van der Waals surface area contributed by atoms with Crippen LogP contribution in [0.2, 0.25) is 0 Å². The van der Waals surface area contributed by atoms with E-state index in [1.54, 1.807) is 0 Å². The highest BCUT2D eigenvalue weighted by molar-refractivity contribution is 6.12. The molecular weight excluding hydrogens is 392 g/mol. The Bertz CT molecular complexity index is 1080. The zero-order valence-corrected chi connectivity index (χ0v) is 17.0. The van der Waals surface area contributed by atoms with Gasteiger partial charge >= 0.3 is 0 Å². The van der Waals surface area contributed by atoms with E-state index in [1.165, 1.54) is 0 Å². The number of hydrogen-bond acceptors (Lipinski definition) is 3. The molecule has 0 unspecified atom stereocenters. The number of halogens is 1. The molecule has 0 radical (unpaired) electrons. The van der Waals surface area contributed by atoms with E-state index in [2.05, 4.69) is 83.4 Å². The molecule has 4 aromatic rings. The molecule has 0 aliphatic carbocycles. The lowest BCUT2D eigenvalue weighted by atomic mass is 10.1. The SMILES string of the molecule is [Cl-].c1ccc(C2=NNN(c3ccccc3)[N+]2(c2ccccc2)c2ccccc2)cc1.